The molecule has 1 aliphatic heterocycles. The van der Waals surface area contributed by atoms with E-state index in [0.717, 1.165) is 47.9 Å². The third-order valence-electron chi connectivity index (χ3n) is 8.72. The van der Waals surface area contributed by atoms with E-state index in [1.54, 1.807) is 0 Å². The molecule has 6 nitrogen and oxygen atoms in total. The van der Waals surface area contributed by atoms with E-state index in [9.17, 15) is 0 Å². The van der Waals surface area contributed by atoms with E-state index in [1.165, 1.54) is 6.42 Å². The van der Waals surface area contributed by atoms with Gasteiger partial charge < -0.3 is 28.4 Å². The van der Waals surface area contributed by atoms with Gasteiger partial charge in [-0.05, 0) is 35.1 Å². The van der Waals surface area contributed by atoms with Crippen LogP contribution in [0.4, 0.5) is 0 Å². The quantitative estimate of drug-likeness (QED) is 0.134. The van der Waals surface area contributed by atoms with Crippen LogP contribution in [-0.2, 0) is 54.8 Å². The first kappa shape index (κ1) is 32.6. The summed E-state index contributed by atoms with van der Waals surface area (Å²) in [6, 6.07) is 40.9. The highest BCUT2D eigenvalue weighted by atomic mass is 16.7. The fraction of sp³-hybridized carbons (Fsp3) is 0.400. The SMILES string of the molecule is c1ccc(COC[C@H]2OC(OC3CCCCC3)[C@@H](OCc3ccccc3)[C@@H](OCc3ccccc3)[C@@H]2OCc2ccccc2)cc1. The Kier molecular flexibility index (Phi) is 12.4. The van der Waals surface area contributed by atoms with Crippen LogP contribution >= 0.6 is 0 Å². The van der Waals surface area contributed by atoms with Crippen molar-refractivity contribution < 1.29 is 28.4 Å². The molecule has 0 N–H and O–H groups in total. The monoisotopic (exact) mass is 622 g/mol. The molecule has 5 atom stereocenters. The number of hydrogen-bond donors (Lipinski definition) is 0. The largest absolute Gasteiger partial charge is 0.374 e. The lowest BCUT2D eigenvalue weighted by Crippen LogP contribution is -2.62. The van der Waals surface area contributed by atoms with Crippen molar-refractivity contribution in [3.05, 3.63) is 144 Å². The average molecular weight is 623 g/mol. The normalized spacial score (nSPS) is 23.7. The summed E-state index contributed by atoms with van der Waals surface area (Å²) in [6.07, 6.45) is 3.20. The van der Waals surface area contributed by atoms with Gasteiger partial charge in [-0.3, -0.25) is 0 Å². The van der Waals surface area contributed by atoms with Gasteiger partial charge in [0.05, 0.1) is 39.1 Å². The summed E-state index contributed by atoms with van der Waals surface area (Å²) >= 11 is 0. The predicted molar refractivity (Wildman–Crippen MR) is 178 cm³/mol. The Labute approximate surface area is 273 Å². The molecule has 6 heteroatoms. The van der Waals surface area contributed by atoms with Crippen LogP contribution in [0.1, 0.15) is 54.4 Å². The molecule has 1 aliphatic carbocycles. The topological polar surface area (TPSA) is 55.4 Å². The lowest BCUT2D eigenvalue weighted by atomic mass is 9.96. The van der Waals surface area contributed by atoms with E-state index < -0.39 is 30.7 Å². The smallest absolute Gasteiger partial charge is 0.187 e. The summed E-state index contributed by atoms with van der Waals surface area (Å²) in [6.45, 7) is 2.04. The highest BCUT2D eigenvalue weighted by molar-refractivity contribution is 5.16. The van der Waals surface area contributed by atoms with Crippen molar-refractivity contribution in [3.8, 4) is 0 Å². The van der Waals surface area contributed by atoms with Crippen molar-refractivity contribution in [1.82, 2.24) is 0 Å². The maximum atomic E-state index is 6.83. The summed E-state index contributed by atoms with van der Waals surface area (Å²) in [5, 5.41) is 0. The second kappa shape index (κ2) is 17.5. The van der Waals surface area contributed by atoms with Crippen LogP contribution in [0.2, 0.25) is 0 Å². The minimum atomic E-state index is -0.630. The average Bonchev–Trinajstić information content (AvgIpc) is 3.12. The number of benzene rings is 4. The summed E-state index contributed by atoms with van der Waals surface area (Å²) in [7, 11) is 0. The highest BCUT2D eigenvalue weighted by Crippen LogP contribution is 2.34. The van der Waals surface area contributed by atoms with Gasteiger partial charge in [0, 0.05) is 0 Å². The summed E-state index contributed by atoms with van der Waals surface area (Å²) in [5.74, 6) is 0. The standard InChI is InChI=1S/C40H46O6/c1-6-16-31(17-7-1)26-41-30-36-37(42-27-32-18-8-2-9-19-32)38(43-28-33-20-10-3-11-21-33)39(44-29-34-22-12-4-13-23-34)40(46-36)45-35-24-14-5-15-25-35/h1-4,6-13,16-23,35-40H,5,14-15,24-30H2/t36-,37-,38+,39+,40?/m1/s1. The number of hydrogen-bond acceptors (Lipinski definition) is 6. The van der Waals surface area contributed by atoms with Gasteiger partial charge in [0.1, 0.15) is 24.4 Å². The molecule has 46 heavy (non-hydrogen) atoms. The maximum absolute atomic E-state index is 6.83. The van der Waals surface area contributed by atoms with Gasteiger partial charge in [-0.2, -0.15) is 0 Å². The van der Waals surface area contributed by atoms with Crippen LogP contribution in [0, 0.1) is 0 Å². The molecule has 4 aromatic carbocycles. The van der Waals surface area contributed by atoms with E-state index in [0.29, 0.717) is 33.0 Å². The molecule has 1 unspecified atom stereocenters. The predicted octanol–water partition coefficient (Wildman–Crippen LogP) is 8.03. The zero-order chi connectivity index (χ0) is 31.2. The Bertz CT molecular complexity index is 1380. The Morgan fingerprint density at radius 2 is 0.913 bits per heavy atom. The van der Waals surface area contributed by atoms with Crippen molar-refractivity contribution >= 4 is 0 Å². The molecule has 0 amide bonds. The molecule has 0 aromatic heterocycles. The molecule has 2 fully saturated rings. The molecule has 1 saturated heterocycles. The van der Waals surface area contributed by atoms with Crippen molar-refractivity contribution in [2.45, 2.75) is 95.3 Å². The molecule has 1 saturated carbocycles. The zero-order valence-electron chi connectivity index (χ0n) is 26.5. The fourth-order valence-electron chi connectivity index (χ4n) is 6.25. The zero-order valence-corrected chi connectivity index (χ0v) is 26.5. The van der Waals surface area contributed by atoms with Crippen LogP contribution in [0.15, 0.2) is 121 Å². The third kappa shape index (κ3) is 9.58. The fourth-order valence-corrected chi connectivity index (χ4v) is 6.25. The van der Waals surface area contributed by atoms with Gasteiger partial charge in [0.2, 0.25) is 0 Å². The molecular weight excluding hydrogens is 576 g/mol. The Morgan fingerprint density at radius 1 is 0.478 bits per heavy atom. The number of ether oxygens (including phenoxy) is 6. The molecule has 4 aromatic rings. The van der Waals surface area contributed by atoms with E-state index in [-0.39, 0.29) is 6.10 Å². The third-order valence-corrected chi connectivity index (χ3v) is 8.72. The Morgan fingerprint density at radius 3 is 1.41 bits per heavy atom. The lowest BCUT2D eigenvalue weighted by molar-refractivity contribution is -0.337. The highest BCUT2D eigenvalue weighted by Gasteiger charge is 2.49. The lowest BCUT2D eigenvalue weighted by Gasteiger charge is -2.47. The van der Waals surface area contributed by atoms with Crippen LogP contribution in [0.3, 0.4) is 0 Å². The summed E-state index contributed by atoms with van der Waals surface area (Å²) in [4.78, 5) is 0. The molecule has 6 rings (SSSR count). The molecule has 0 radical (unpaired) electrons. The molecular formula is C40H46O6. The first-order valence-corrected chi connectivity index (χ1v) is 16.7. The van der Waals surface area contributed by atoms with Crippen molar-refractivity contribution in [2.24, 2.45) is 0 Å². The van der Waals surface area contributed by atoms with E-state index >= 15 is 0 Å². The van der Waals surface area contributed by atoms with E-state index in [2.05, 4.69) is 48.5 Å². The molecule has 0 spiro atoms. The Hall–Kier alpha value is -3.36. The van der Waals surface area contributed by atoms with Crippen molar-refractivity contribution in [1.29, 1.82) is 0 Å². The van der Waals surface area contributed by atoms with Crippen LogP contribution in [-0.4, -0.2) is 43.4 Å². The van der Waals surface area contributed by atoms with Crippen molar-refractivity contribution in [2.75, 3.05) is 6.61 Å². The second-order valence-corrected chi connectivity index (χ2v) is 12.2. The van der Waals surface area contributed by atoms with Crippen LogP contribution in [0.25, 0.3) is 0 Å². The first-order valence-electron chi connectivity index (χ1n) is 16.7. The van der Waals surface area contributed by atoms with Crippen LogP contribution < -0.4 is 0 Å². The molecule has 2 aliphatic rings. The minimum absolute atomic E-state index is 0.115. The molecule has 1 heterocycles. The van der Waals surface area contributed by atoms with Gasteiger partial charge in [-0.15, -0.1) is 0 Å². The minimum Gasteiger partial charge on any atom is -0.374 e. The summed E-state index contributed by atoms with van der Waals surface area (Å²) in [5.41, 5.74) is 4.35. The number of rotatable bonds is 15. The van der Waals surface area contributed by atoms with Gasteiger partial charge in [-0.25, -0.2) is 0 Å². The maximum Gasteiger partial charge on any atom is 0.187 e. The van der Waals surface area contributed by atoms with Gasteiger partial charge in [-0.1, -0.05) is 141 Å². The molecule has 0 bridgehead atoms. The van der Waals surface area contributed by atoms with Gasteiger partial charge in [0.15, 0.2) is 6.29 Å². The second-order valence-electron chi connectivity index (χ2n) is 12.2. The first-order chi connectivity index (χ1) is 22.8. The van der Waals surface area contributed by atoms with E-state index in [4.69, 9.17) is 28.4 Å². The van der Waals surface area contributed by atoms with Gasteiger partial charge in [0.25, 0.3) is 0 Å². The van der Waals surface area contributed by atoms with Gasteiger partial charge >= 0.3 is 0 Å². The Balaban J connectivity index is 1.29. The van der Waals surface area contributed by atoms with Crippen LogP contribution in [0.5, 0.6) is 0 Å². The molecule has 242 valence electrons. The van der Waals surface area contributed by atoms with E-state index in [1.807, 2.05) is 72.8 Å². The van der Waals surface area contributed by atoms with Crippen molar-refractivity contribution in [3.63, 3.8) is 0 Å². The summed E-state index contributed by atoms with van der Waals surface area (Å²) < 4.78 is 40.2.